The second-order valence-corrected chi connectivity index (χ2v) is 5.33. The van der Waals surface area contributed by atoms with Crippen LogP contribution in [0.5, 0.6) is 0 Å². The Morgan fingerprint density at radius 1 is 1.28 bits per heavy atom. The number of likely N-dealkylation sites (N-methyl/N-ethyl adjacent to an activating group) is 1. The van der Waals surface area contributed by atoms with E-state index >= 15 is 0 Å². The van der Waals surface area contributed by atoms with Crippen LogP contribution in [0.3, 0.4) is 0 Å². The van der Waals surface area contributed by atoms with Crippen molar-refractivity contribution >= 4 is 11.8 Å². The van der Waals surface area contributed by atoms with Crippen LogP contribution in [0.4, 0.5) is 0 Å². The summed E-state index contributed by atoms with van der Waals surface area (Å²) in [6, 6.07) is 0. The maximum absolute atomic E-state index is 11.7. The van der Waals surface area contributed by atoms with Crippen LogP contribution in [-0.4, -0.2) is 43.4 Å². The van der Waals surface area contributed by atoms with Crippen LogP contribution in [0.1, 0.15) is 33.6 Å². The topological polar surface area (TPSA) is 75.4 Å². The molecule has 0 aromatic carbocycles. The molecule has 0 bridgehead atoms. The fourth-order valence-corrected chi connectivity index (χ4v) is 1.36. The van der Waals surface area contributed by atoms with E-state index in [1.165, 1.54) is 4.90 Å². The summed E-state index contributed by atoms with van der Waals surface area (Å²) in [6.07, 6.45) is 1.22. The van der Waals surface area contributed by atoms with E-state index in [1.807, 2.05) is 20.8 Å². The average Bonchev–Trinajstić information content (AvgIpc) is 2.32. The highest BCUT2D eigenvalue weighted by atomic mass is 16.2. The zero-order chi connectivity index (χ0) is 14.1. The molecule has 0 radical (unpaired) electrons. The first-order valence-electron chi connectivity index (χ1n) is 6.57. The molecule has 0 aromatic heterocycles. The number of rotatable bonds is 8. The zero-order valence-corrected chi connectivity index (χ0v) is 12.0. The smallest absolute Gasteiger partial charge is 0.239 e. The lowest BCUT2D eigenvalue weighted by atomic mass is 10.1. The molecule has 18 heavy (non-hydrogen) atoms. The van der Waals surface area contributed by atoms with Gasteiger partial charge in [0.1, 0.15) is 0 Å². The van der Waals surface area contributed by atoms with Gasteiger partial charge in [0.05, 0.1) is 6.54 Å². The predicted molar refractivity (Wildman–Crippen MR) is 72.9 cm³/mol. The summed E-state index contributed by atoms with van der Waals surface area (Å²) in [7, 11) is 1.66. The third-order valence-electron chi connectivity index (χ3n) is 2.77. The molecule has 0 aliphatic carbocycles. The third-order valence-corrected chi connectivity index (χ3v) is 2.77. The average molecular weight is 257 g/mol. The molecule has 0 aliphatic rings. The predicted octanol–water partition coefficient (Wildman–Crippen LogP) is 0.592. The first-order valence-corrected chi connectivity index (χ1v) is 6.57. The molecule has 0 aliphatic heterocycles. The number of carbonyl (C=O) groups excluding carboxylic acids is 2. The molecule has 0 spiro atoms. The minimum atomic E-state index is -0.105. The lowest BCUT2D eigenvalue weighted by molar-refractivity contribution is -0.135. The molecule has 0 saturated heterocycles. The van der Waals surface area contributed by atoms with Gasteiger partial charge in [-0.1, -0.05) is 20.8 Å². The number of carbonyl (C=O) groups is 2. The molecular weight excluding hydrogens is 230 g/mol. The van der Waals surface area contributed by atoms with Crippen molar-refractivity contribution in [3.05, 3.63) is 0 Å². The lowest BCUT2D eigenvalue weighted by Crippen LogP contribution is -2.39. The molecule has 3 N–H and O–H groups in total. The molecule has 0 heterocycles. The Morgan fingerprint density at radius 2 is 1.89 bits per heavy atom. The maximum atomic E-state index is 11.7. The highest BCUT2D eigenvalue weighted by molar-refractivity contribution is 5.84. The molecule has 0 rings (SSSR count). The Kier molecular flexibility index (Phi) is 8.37. The Morgan fingerprint density at radius 3 is 2.39 bits per heavy atom. The Hall–Kier alpha value is -1.10. The summed E-state index contributed by atoms with van der Waals surface area (Å²) in [5.74, 6) is 0.652. The standard InChI is InChI=1S/C13H27N3O2/c1-10(2)8-15-12(17)9-16(4)13(18)6-5-11(3)7-14/h10-11H,5-9,14H2,1-4H3,(H,15,17). The van der Waals surface area contributed by atoms with E-state index in [9.17, 15) is 9.59 Å². The largest absolute Gasteiger partial charge is 0.354 e. The Balaban J connectivity index is 3.89. The van der Waals surface area contributed by atoms with E-state index in [4.69, 9.17) is 5.73 Å². The number of hydrogen-bond acceptors (Lipinski definition) is 3. The normalized spacial score (nSPS) is 12.3. The molecule has 106 valence electrons. The summed E-state index contributed by atoms with van der Waals surface area (Å²) in [5.41, 5.74) is 5.49. The van der Waals surface area contributed by atoms with Crippen LogP contribution >= 0.6 is 0 Å². The van der Waals surface area contributed by atoms with Crippen LogP contribution in [0.25, 0.3) is 0 Å². The lowest BCUT2D eigenvalue weighted by Gasteiger charge is -2.18. The third kappa shape index (κ3) is 8.06. The van der Waals surface area contributed by atoms with Gasteiger partial charge in [0.15, 0.2) is 0 Å². The van der Waals surface area contributed by atoms with Crippen molar-refractivity contribution in [2.75, 3.05) is 26.7 Å². The SMILES string of the molecule is CC(C)CNC(=O)CN(C)C(=O)CCC(C)CN. The fraction of sp³-hybridized carbons (Fsp3) is 0.846. The quantitative estimate of drug-likeness (QED) is 0.668. The summed E-state index contributed by atoms with van der Waals surface area (Å²) in [4.78, 5) is 24.7. The Bertz CT molecular complexity index is 267. The van der Waals surface area contributed by atoms with Crippen LogP contribution in [0.15, 0.2) is 0 Å². The molecule has 5 heteroatoms. The molecule has 1 unspecified atom stereocenters. The van der Waals surface area contributed by atoms with E-state index in [0.717, 1.165) is 6.42 Å². The van der Waals surface area contributed by atoms with E-state index in [-0.39, 0.29) is 18.4 Å². The van der Waals surface area contributed by atoms with E-state index in [0.29, 0.717) is 31.3 Å². The number of nitrogens with two attached hydrogens (primary N) is 1. The molecular formula is C13H27N3O2. The monoisotopic (exact) mass is 257 g/mol. The number of nitrogens with one attached hydrogen (secondary N) is 1. The minimum absolute atomic E-state index is 0.00463. The van der Waals surface area contributed by atoms with Gasteiger partial charge in [-0.15, -0.1) is 0 Å². The highest BCUT2D eigenvalue weighted by Crippen LogP contribution is 2.05. The fourth-order valence-electron chi connectivity index (χ4n) is 1.36. The van der Waals surface area contributed by atoms with Crippen molar-refractivity contribution in [1.82, 2.24) is 10.2 Å². The van der Waals surface area contributed by atoms with Gasteiger partial charge in [-0.3, -0.25) is 9.59 Å². The summed E-state index contributed by atoms with van der Waals surface area (Å²) in [5, 5.41) is 2.79. The summed E-state index contributed by atoms with van der Waals surface area (Å²) < 4.78 is 0. The van der Waals surface area contributed by atoms with Crippen LogP contribution in [-0.2, 0) is 9.59 Å². The molecule has 5 nitrogen and oxygen atoms in total. The van der Waals surface area contributed by atoms with Crippen molar-refractivity contribution < 1.29 is 9.59 Å². The Labute approximate surface area is 110 Å². The van der Waals surface area contributed by atoms with Gasteiger partial charge < -0.3 is 16.0 Å². The van der Waals surface area contributed by atoms with Gasteiger partial charge in [0.2, 0.25) is 11.8 Å². The van der Waals surface area contributed by atoms with Crippen LogP contribution in [0, 0.1) is 11.8 Å². The van der Waals surface area contributed by atoms with Gasteiger partial charge in [0, 0.05) is 20.0 Å². The minimum Gasteiger partial charge on any atom is -0.354 e. The molecule has 0 aromatic rings. The second-order valence-electron chi connectivity index (χ2n) is 5.33. The maximum Gasteiger partial charge on any atom is 0.239 e. The first kappa shape index (κ1) is 16.9. The van der Waals surface area contributed by atoms with Crippen molar-refractivity contribution in [2.45, 2.75) is 33.6 Å². The number of nitrogens with zero attached hydrogens (tertiary/aromatic N) is 1. The molecule has 1 atom stereocenters. The highest BCUT2D eigenvalue weighted by Gasteiger charge is 2.13. The first-order chi connectivity index (χ1) is 8.36. The van der Waals surface area contributed by atoms with Crippen molar-refractivity contribution in [3.8, 4) is 0 Å². The molecule has 0 fully saturated rings. The second kappa shape index (κ2) is 8.91. The van der Waals surface area contributed by atoms with Crippen molar-refractivity contribution in [1.29, 1.82) is 0 Å². The number of amides is 2. The van der Waals surface area contributed by atoms with Gasteiger partial charge in [-0.2, -0.15) is 0 Å². The van der Waals surface area contributed by atoms with E-state index in [2.05, 4.69) is 5.32 Å². The van der Waals surface area contributed by atoms with E-state index < -0.39 is 0 Å². The van der Waals surface area contributed by atoms with E-state index in [1.54, 1.807) is 7.05 Å². The van der Waals surface area contributed by atoms with Crippen LogP contribution in [0.2, 0.25) is 0 Å². The van der Waals surface area contributed by atoms with Crippen molar-refractivity contribution in [2.24, 2.45) is 17.6 Å². The summed E-state index contributed by atoms with van der Waals surface area (Å²) in [6.45, 7) is 7.44. The van der Waals surface area contributed by atoms with Gasteiger partial charge >= 0.3 is 0 Å². The van der Waals surface area contributed by atoms with Gasteiger partial charge in [0.25, 0.3) is 0 Å². The van der Waals surface area contributed by atoms with Gasteiger partial charge in [-0.05, 0) is 24.8 Å². The van der Waals surface area contributed by atoms with Gasteiger partial charge in [-0.25, -0.2) is 0 Å². The summed E-state index contributed by atoms with van der Waals surface area (Å²) >= 11 is 0. The zero-order valence-electron chi connectivity index (χ0n) is 12.0. The molecule has 0 saturated carbocycles. The van der Waals surface area contributed by atoms with Crippen LogP contribution < -0.4 is 11.1 Å². The molecule has 2 amide bonds. The number of hydrogen-bond donors (Lipinski definition) is 2. The van der Waals surface area contributed by atoms with Crippen molar-refractivity contribution in [3.63, 3.8) is 0 Å².